The van der Waals surface area contributed by atoms with Gasteiger partial charge in [-0.2, -0.15) is 4.31 Å². The van der Waals surface area contributed by atoms with Crippen LogP contribution in [0, 0.1) is 0 Å². The predicted molar refractivity (Wildman–Crippen MR) is 73.1 cm³/mol. The lowest BCUT2D eigenvalue weighted by Crippen LogP contribution is -2.50. The second kappa shape index (κ2) is 5.32. The number of carbonyl (C=O) groups is 1. The van der Waals surface area contributed by atoms with Crippen LogP contribution < -0.4 is 0 Å². The van der Waals surface area contributed by atoms with Crippen LogP contribution in [0.15, 0.2) is 6.07 Å². The van der Waals surface area contributed by atoms with E-state index in [1.807, 2.05) is 0 Å². The van der Waals surface area contributed by atoms with Crippen molar-refractivity contribution in [1.29, 1.82) is 0 Å². The molecule has 1 aliphatic heterocycles. The molecule has 2 rings (SSSR count). The zero-order valence-corrected chi connectivity index (χ0v) is 12.5. The minimum absolute atomic E-state index is 0.222. The van der Waals surface area contributed by atoms with Gasteiger partial charge in [-0.1, -0.05) is 23.2 Å². The summed E-state index contributed by atoms with van der Waals surface area (Å²) < 4.78 is 24.1. The van der Waals surface area contributed by atoms with Crippen molar-refractivity contribution in [1.82, 2.24) is 14.2 Å². The van der Waals surface area contributed by atoms with Crippen molar-refractivity contribution in [2.45, 2.75) is 0 Å². The lowest BCUT2D eigenvalue weighted by atomic mass is 10.3. The van der Waals surface area contributed by atoms with Crippen LogP contribution in [0.3, 0.4) is 0 Å². The number of hydrogen-bond acceptors (Lipinski definition) is 3. The Labute approximate surface area is 121 Å². The van der Waals surface area contributed by atoms with Crippen LogP contribution in [0.1, 0.15) is 10.5 Å². The third kappa shape index (κ3) is 3.22. The Hall–Kier alpha value is -0.760. The molecule has 0 radical (unpaired) electrons. The summed E-state index contributed by atoms with van der Waals surface area (Å²) in [5, 5.41) is 0.513. The number of piperazine rings is 1. The van der Waals surface area contributed by atoms with E-state index < -0.39 is 10.0 Å². The summed E-state index contributed by atoms with van der Waals surface area (Å²) in [5.74, 6) is -0.234. The maximum absolute atomic E-state index is 12.1. The zero-order chi connectivity index (χ0) is 14.2. The summed E-state index contributed by atoms with van der Waals surface area (Å²) in [7, 11) is -3.20. The summed E-state index contributed by atoms with van der Waals surface area (Å²) >= 11 is 11.5. The molecule has 0 bridgehead atoms. The molecule has 0 aliphatic carbocycles. The van der Waals surface area contributed by atoms with E-state index in [-0.39, 0.29) is 11.1 Å². The number of halogens is 2. The minimum atomic E-state index is -3.20. The van der Waals surface area contributed by atoms with E-state index >= 15 is 0 Å². The molecule has 0 unspecified atom stereocenters. The maximum atomic E-state index is 12.1. The van der Waals surface area contributed by atoms with E-state index in [2.05, 4.69) is 4.98 Å². The van der Waals surface area contributed by atoms with Gasteiger partial charge in [-0.3, -0.25) is 4.79 Å². The summed E-state index contributed by atoms with van der Waals surface area (Å²) in [6.45, 7) is 1.29. The Kier molecular flexibility index (Phi) is 4.10. The Morgan fingerprint density at radius 2 is 1.84 bits per heavy atom. The second-order valence-corrected chi connectivity index (χ2v) is 7.07. The zero-order valence-electron chi connectivity index (χ0n) is 10.2. The highest BCUT2D eigenvalue weighted by atomic mass is 35.5. The molecule has 106 valence electrons. The van der Waals surface area contributed by atoms with Gasteiger partial charge in [0.25, 0.3) is 5.91 Å². The summed E-state index contributed by atoms with van der Waals surface area (Å²) in [6, 6.07) is 1.47. The Morgan fingerprint density at radius 3 is 2.26 bits per heavy atom. The molecule has 1 amide bonds. The molecular weight excluding hydrogens is 313 g/mol. The number of nitrogens with one attached hydrogen (secondary N) is 1. The van der Waals surface area contributed by atoms with Gasteiger partial charge in [0.05, 0.1) is 11.3 Å². The number of nitrogens with zero attached hydrogens (tertiary/aromatic N) is 2. The monoisotopic (exact) mass is 325 g/mol. The first-order valence-electron chi connectivity index (χ1n) is 5.57. The number of H-pyrrole nitrogens is 1. The quantitative estimate of drug-likeness (QED) is 0.882. The van der Waals surface area contributed by atoms with Crippen molar-refractivity contribution >= 4 is 39.1 Å². The minimum Gasteiger partial charge on any atom is -0.340 e. The molecule has 1 N–H and O–H groups in total. The van der Waals surface area contributed by atoms with Crippen molar-refractivity contribution in [3.05, 3.63) is 21.9 Å². The molecular formula is C10H13Cl2N3O3S. The van der Waals surface area contributed by atoms with E-state index in [0.717, 1.165) is 6.26 Å². The molecule has 2 heterocycles. The highest BCUT2D eigenvalue weighted by molar-refractivity contribution is 7.88. The molecule has 1 aliphatic rings. The fourth-order valence-electron chi connectivity index (χ4n) is 1.91. The maximum Gasteiger partial charge on any atom is 0.270 e. The summed E-state index contributed by atoms with van der Waals surface area (Å²) in [6.07, 6.45) is 1.16. The first-order valence-corrected chi connectivity index (χ1v) is 8.18. The van der Waals surface area contributed by atoms with Crippen molar-refractivity contribution in [3.63, 3.8) is 0 Å². The molecule has 0 spiro atoms. The van der Waals surface area contributed by atoms with Crippen molar-refractivity contribution in [3.8, 4) is 0 Å². The van der Waals surface area contributed by atoms with E-state index in [0.29, 0.717) is 36.9 Å². The first kappa shape index (κ1) is 14.6. The Morgan fingerprint density at radius 1 is 1.26 bits per heavy atom. The fraction of sp³-hybridized carbons (Fsp3) is 0.500. The number of carbonyl (C=O) groups excluding carboxylic acids is 1. The van der Waals surface area contributed by atoms with Gasteiger partial charge in [-0.05, 0) is 6.07 Å². The van der Waals surface area contributed by atoms with Crippen LogP contribution in [-0.2, 0) is 10.0 Å². The van der Waals surface area contributed by atoms with Gasteiger partial charge < -0.3 is 9.88 Å². The molecule has 0 saturated carbocycles. The van der Waals surface area contributed by atoms with Gasteiger partial charge in [0.15, 0.2) is 0 Å². The third-order valence-electron chi connectivity index (χ3n) is 2.95. The average Bonchev–Trinajstić information content (AvgIpc) is 2.68. The van der Waals surface area contributed by atoms with Crippen LogP contribution in [0.25, 0.3) is 0 Å². The van der Waals surface area contributed by atoms with E-state index in [9.17, 15) is 13.2 Å². The van der Waals surface area contributed by atoms with E-state index in [4.69, 9.17) is 23.2 Å². The molecule has 6 nitrogen and oxygen atoms in total. The molecule has 0 atom stereocenters. The van der Waals surface area contributed by atoms with Crippen LogP contribution in [-0.4, -0.2) is 60.9 Å². The van der Waals surface area contributed by atoms with Crippen LogP contribution in [0.5, 0.6) is 0 Å². The number of hydrogen-bond donors (Lipinski definition) is 1. The van der Waals surface area contributed by atoms with E-state index in [1.165, 1.54) is 10.4 Å². The predicted octanol–water partition coefficient (Wildman–Crippen LogP) is 1.04. The number of sulfonamides is 1. The lowest BCUT2D eigenvalue weighted by molar-refractivity contribution is 0.0693. The molecule has 0 aromatic carbocycles. The van der Waals surface area contributed by atoms with Gasteiger partial charge in [0.1, 0.15) is 10.8 Å². The first-order chi connectivity index (χ1) is 8.79. The largest absolute Gasteiger partial charge is 0.340 e. The summed E-state index contributed by atoms with van der Waals surface area (Å²) in [5.41, 5.74) is 0.308. The standard InChI is InChI=1S/C10H13Cl2N3O3S/c1-19(17,18)15-4-2-14(3-5-15)10(16)8-6-7(11)9(12)13-8/h6,13H,2-5H2,1H3. The van der Waals surface area contributed by atoms with Crippen LogP contribution >= 0.6 is 23.2 Å². The number of aromatic amines is 1. The highest BCUT2D eigenvalue weighted by Gasteiger charge is 2.27. The van der Waals surface area contributed by atoms with Crippen molar-refractivity contribution in [2.24, 2.45) is 0 Å². The smallest absolute Gasteiger partial charge is 0.270 e. The highest BCUT2D eigenvalue weighted by Crippen LogP contribution is 2.23. The number of amides is 1. The van der Waals surface area contributed by atoms with Gasteiger partial charge in [-0.25, -0.2) is 8.42 Å². The van der Waals surface area contributed by atoms with Gasteiger partial charge >= 0.3 is 0 Å². The topological polar surface area (TPSA) is 73.5 Å². The third-order valence-corrected chi connectivity index (χ3v) is 4.95. The molecule has 1 saturated heterocycles. The van der Waals surface area contributed by atoms with Gasteiger partial charge in [-0.15, -0.1) is 0 Å². The molecule has 9 heteroatoms. The Bertz CT molecular complexity index is 572. The lowest BCUT2D eigenvalue weighted by Gasteiger charge is -2.32. The Balaban J connectivity index is 2.04. The molecule has 1 aromatic rings. The average molecular weight is 326 g/mol. The molecule has 1 aromatic heterocycles. The molecule has 19 heavy (non-hydrogen) atoms. The van der Waals surface area contributed by atoms with Gasteiger partial charge in [0.2, 0.25) is 10.0 Å². The number of aromatic nitrogens is 1. The van der Waals surface area contributed by atoms with Crippen LogP contribution in [0.2, 0.25) is 10.2 Å². The SMILES string of the molecule is CS(=O)(=O)N1CCN(C(=O)c2cc(Cl)c(Cl)[nH]2)CC1. The van der Waals surface area contributed by atoms with E-state index in [1.54, 1.807) is 4.90 Å². The summed E-state index contributed by atoms with van der Waals surface area (Å²) in [4.78, 5) is 16.4. The van der Waals surface area contributed by atoms with Crippen molar-refractivity contribution in [2.75, 3.05) is 32.4 Å². The van der Waals surface area contributed by atoms with Crippen LogP contribution in [0.4, 0.5) is 0 Å². The van der Waals surface area contributed by atoms with Crippen molar-refractivity contribution < 1.29 is 13.2 Å². The fourth-order valence-corrected chi connectivity index (χ4v) is 3.05. The number of rotatable bonds is 2. The normalized spacial score (nSPS) is 17.7. The second-order valence-electron chi connectivity index (χ2n) is 4.30. The van der Waals surface area contributed by atoms with Gasteiger partial charge in [0, 0.05) is 26.2 Å². The molecule has 1 fully saturated rings.